The molecule has 0 aromatic rings. The molecule has 0 heterocycles. The molecule has 66 valence electrons. The summed E-state index contributed by atoms with van der Waals surface area (Å²) < 4.78 is 0. The summed E-state index contributed by atoms with van der Waals surface area (Å²) in [5, 5.41) is 11.9. The molecule has 0 aromatic carbocycles. The Labute approximate surface area is 75.4 Å². The van der Waals surface area contributed by atoms with E-state index in [2.05, 4.69) is 17.9 Å². The molecule has 0 aliphatic carbocycles. The first-order valence-corrected chi connectivity index (χ1v) is 3.61. The van der Waals surface area contributed by atoms with E-state index in [0.717, 1.165) is 6.08 Å². The third-order valence-electron chi connectivity index (χ3n) is 1.02. The summed E-state index contributed by atoms with van der Waals surface area (Å²) in [5.41, 5.74) is 0.0556. The van der Waals surface area contributed by atoms with Crippen LogP contribution in [0.25, 0.3) is 0 Å². The molecular weight excluding hydrogens is 178 g/mol. The number of hydrogen-bond acceptors (Lipinski definition) is 3. The van der Waals surface area contributed by atoms with Crippen LogP contribution < -0.4 is 5.32 Å². The smallest absolute Gasteiger partial charge is 0.329 e. The molecule has 0 bridgehead atoms. The quantitative estimate of drug-likeness (QED) is 0.335. The van der Waals surface area contributed by atoms with Crippen molar-refractivity contribution in [2.75, 3.05) is 7.05 Å². The minimum absolute atomic E-state index is 0.0556. The van der Waals surface area contributed by atoms with E-state index in [1.165, 1.54) is 18.5 Å². The van der Waals surface area contributed by atoms with Gasteiger partial charge in [-0.2, -0.15) is 12.6 Å². The van der Waals surface area contributed by atoms with E-state index in [9.17, 15) is 9.59 Å². The molecule has 0 saturated carbocycles. The molecule has 0 rings (SSSR count). The second-order valence-corrected chi connectivity index (χ2v) is 2.13. The molecule has 0 saturated heterocycles. The zero-order valence-corrected chi connectivity index (χ0v) is 7.34. The zero-order chi connectivity index (χ0) is 9.56. The van der Waals surface area contributed by atoms with Crippen molar-refractivity contribution in [2.24, 2.45) is 0 Å². The number of likely N-dealkylation sites (N-methyl/N-ethyl adjacent to an activating group) is 1. The van der Waals surface area contributed by atoms with Crippen LogP contribution in [0.2, 0.25) is 0 Å². The molecule has 2 N–H and O–H groups in total. The van der Waals surface area contributed by atoms with Gasteiger partial charge in [0.05, 0.1) is 0 Å². The first-order valence-electron chi connectivity index (χ1n) is 3.09. The molecule has 0 aromatic heterocycles. The van der Waals surface area contributed by atoms with Crippen LogP contribution in [0.3, 0.4) is 0 Å². The number of carboxylic acids is 1. The maximum absolute atomic E-state index is 10.9. The standard InChI is InChI=1S/C7H9NO3S/c1-8-7(11)5(2-3-12)4-6(9)10/h2-4,12H,1H3,(H,8,11)(H,9,10)/b3-2-,5-4-. The van der Waals surface area contributed by atoms with Gasteiger partial charge in [-0.15, -0.1) is 0 Å². The highest BCUT2D eigenvalue weighted by Crippen LogP contribution is 1.97. The molecule has 5 heteroatoms. The van der Waals surface area contributed by atoms with Crippen LogP contribution in [-0.2, 0) is 9.59 Å². The zero-order valence-electron chi connectivity index (χ0n) is 6.44. The number of thiol groups is 1. The monoisotopic (exact) mass is 187 g/mol. The van der Waals surface area contributed by atoms with Crippen molar-refractivity contribution in [3.8, 4) is 0 Å². The maximum Gasteiger partial charge on any atom is 0.329 e. The number of amides is 1. The van der Waals surface area contributed by atoms with Crippen LogP contribution in [0.15, 0.2) is 23.1 Å². The third-order valence-corrected chi connectivity index (χ3v) is 1.17. The van der Waals surface area contributed by atoms with E-state index in [4.69, 9.17) is 5.11 Å². The molecule has 0 aliphatic rings. The van der Waals surface area contributed by atoms with Gasteiger partial charge in [0.2, 0.25) is 0 Å². The Bertz CT molecular complexity index is 245. The maximum atomic E-state index is 10.9. The van der Waals surface area contributed by atoms with Crippen LogP contribution >= 0.6 is 12.6 Å². The lowest BCUT2D eigenvalue weighted by atomic mass is 10.2. The molecule has 0 aliphatic heterocycles. The van der Waals surface area contributed by atoms with Crippen molar-refractivity contribution in [3.63, 3.8) is 0 Å². The number of rotatable bonds is 3. The summed E-state index contributed by atoms with van der Waals surface area (Å²) in [6, 6.07) is 0. The molecule has 0 unspecified atom stereocenters. The number of carbonyl (C=O) groups excluding carboxylic acids is 1. The minimum atomic E-state index is -1.17. The third kappa shape index (κ3) is 3.82. The topological polar surface area (TPSA) is 66.4 Å². The first kappa shape index (κ1) is 10.8. The Morgan fingerprint density at radius 2 is 2.08 bits per heavy atom. The number of aliphatic carboxylic acids is 1. The highest BCUT2D eigenvalue weighted by Gasteiger charge is 2.04. The molecule has 0 atom stereocenters. The van der Waals surface area contributed by atoms with Gasteiger partial charge < -0.3 is 10.4 Å². The fraction of sp³-hybridized carbons (Fsp3) is 0.143. The van der Waals surface area contributed by atoms with Crippen molar-refractivity contribution in [2.45, 2.75) is 0 Å². The van der Waals surface area contributed by atoms with Crippen molar-refractivity contribution >= 4 is 24.5 Å². The largest absolute Gasteiger partial charge is 0.478 e. The fourth-order valence-corrected chi connectivity index (χ4v) is 0.708. The van der Waals surface area contributed by atoms with Crippen LogP contribution in [0.1, 0.15) is 0 Å². The molecular formula is C7H9NO3S. The van der Waals surface area contributed by atoms with E-state index in [1.54, 1.807) is 0 Å². The van der Waals surface area contributed by atoms with E-state index in [1.807, 2.05) is 0 Å². The van der Waals surface area contributed by atoms with E-state index >= 15 is 0 Å². The normalized spacial score (nSPS) is 11.7. The summed E-state index contributed by atoms with van der Waals surface area (Å²) in [6.07, 6.45) is 2.11. The van der Waals surface area contributed by atoms with Crippen molar-refractivity contribution in [1.82, 2.24) is 5.32 Å². The van der Waals surface area contributed by atoms with Gasteiger partial charge >= 0.3 is 5.97 Å². The number of nitrogens with one attached hydrogen (secondary N) is 1. The molecule has 0 spiro atoms. The summed E-state index contributed by atoms with van der Waals surface area (Å²) in [7, 11) is 1.42. The lowest BCUT2D eigenvalue weighted by Crippen LogP contribution is -2.19. The van der Waals surface area contributed by atoms with Gasteiger partial charge in [0.1, 0.15) is 0 Å². The summed E-state index contributed by atoms with van der Waals surface area (Å²) in [5.74, 6) is -1.62. The predicted octanol–water partition coefficient (Wildman–Crippen LogP) is 0.187. The Hall–Kier alpha value is -1.23. The van der Waals surface area contributed by atoms with E-state index in [0.29, 0.717) is 0 Å². The molecule has 12 heavy (non-hydrogen) atoms. The second kappa shape index (κ2) is 5.42. The highest BCUT2D eigenvalue weighted by molar-refractivity contribution is 7.83. The number of hydrogen-bond donors (Lipinski definition) is 3. The van der Waals surface area contributed by atoms with Gasteiger partial charge in [-0.3, -0.25) is 4.79 Å². The Morgan fingerprint density at radius 3 is 2.42 bits per heavy atom. The predicted molar refractivity (Wildman–Crippen MR) is 47.9 cm³/mol. The molecule has 1 amide bonds. The lowest BCUT2D eigenvalue weighted by molar-refractivity contribution is -0.131. The first-order chi connectivity index (χ1) is 5.61. The van der Waals surface area contributed by atoms with Crippen molar-refractivity contribution in [1.29, 1.82) is 0 Å². The lowest BCUT2D eigenvalue weighted by Gasteiger charge is -1.97. The second-order valence-electron chi connectivity index (χ2n) is 1.83. The minimum Gasteiger partial charge on any atom is -0.478 e. The van der Waals surface area contributed by atoms with E-state index in [-0.39, 0.29) is 5.57 Å². The average Bonchev–Trinajstić information content (AvgIpc) is 2.01. The van der Waals surface area contributed by atoms with Crippen molar-refractivity contribution < 1.29 is 14.7 Å². The van der Waals surface area contributed by atoms with Crippen LogP contribution in [0.5, 0.6) is 0 Å². The van der Waals surface area contributed by atoms with Crippen LogP contribution in [0, 0.1) is 0 Å². The Morgan fingerprint density at radius 1 is 1.50 bits per heavy atom. The van der Waals surface area contributed by atoms with Gasteiger partial charge in [-0.05, 0) is 11.5 Å². The number of carbonyl (C=O) groups is 2. The highest BCUT2D eigenvalue weighted by atomic mass is 32.1. The summed E-state index contributed by atoms with van der Waals surface area (Å²) >= 11 is 3.72. The summed E-state index contributed by atoms with van der Waals surface area (Å²) in [4.78, 5) is 21.1. The van der Waals surface area contributed by atoms with Gasteiger partial charge in [-0.1, -0.05) is 0 Å². The Balaban J connectivity index is 4.66. The molecule has 0 radical (unpaired) electrons. The molecule has 4 nitrogen and oxygen atoms in total. The fourth-order valence-electron chi connectivity index (χ4n) is 0.547. The molecule has 0 fully saturated rings. The average molecular weight is 187 g/mol. The Kier molecular flexibility index (Phi) is 4.87. The van der Waals surface area contributed by atoms with Gasteiger partial charge in [0.15, 0.2) is 0 Å². The summed E-state index contributed by atoms with van der Waals surface area (Å²) in [6.45, 7) is 0. The van der Waals surface area contributed by atoms with E-state index < -0.39 is 11.9 Å². The van der Waals surface area contributed by atoms with Gasteiger partial charge in [0.25, 0.3) is 5.91 Å². The van der Waals surface area contributed by atoms with Crippen molar-refractivity contribution in [3.05, 3.63) is 23.1 Å². The van der Waals surface area contributed by atoms with Gasteiger partial charge in [-0.25, -0.2) is 4.79 Å². The van der Waals surface area contributed by atoms with Crippen LogP contribution in [-0.4, -0.2) is 24.0 Å². The number of carboxylic acid groups (broad SMARTS) is 1. The van der Waals surface area contributed by atoms with Crippen LogP contribution in [0.4, 0.5) is 0 Å². The van der Waals surface area contributed by atoms with Gasteiger partial charge in [0, 0.05) is 18.7 Å². The SMILES string of the molecule is CNC(=O)C(/C=C\S)=C\C(=O)O.